The number of benzene rings is 2. The third-order valence-corrected chi connectivity index (χ3v) is 6.47. The second-order valence-electron chi connectivity index (χ2n) is 7.02. The summed E-state index contributed by atoms with van der Waals surface area (Å²) in [4.78, 5) is 15.3. The van der Waals surface area contributed by atoms with Crippen LogP contribution in [-0.4, -0.2) is 40.3 Å². The van der Waals surface area contributed by atoms with Gasteiger partial charge in [-0.15, -0.1) is 0 Å². The van der Waals surface area contributed by atoms with Gasteiger partial charge in [0.2, 0.25) is 10.0 Å². The Balaban J connectivity index is 2.09. The van der Waals surface area contributed by atoms with Gasteiger partial charge in [0.1, 0.15) is 11.8 Å². The van der Waals surface area contributed by atoms with Gasteiger partial charge in [0, 0.05) is 17.3 Å². The lowest BCUT2D eigenvalue weighted by Gasteiger charge is -2.37. The van der Waals surface area contributed by atoms with Gasteiger partial charge in [0.25, 0.3) is 5.91 Å². The largest absolute Gasteiger partial charge is 0.495 e. The van der Waals surface area contributed by atoms with E-state index in [1.807, 2.05) is 24.3 Å². The Bertz CT molecular complexity index is 1010. The van der Waals surface area contributed by atoms with E-state index in [1.54, 1.807) is 24.0 Å². The standard InChI is InChI=1S/C21H25ClN2O4S/c1-4-17(21(25)23-13-7-9-15-8-5-6-10-18(15)23)24(29(3,26)27)19-14-16(22)11-12-20(19)28-2/h5-6,8,10-12,14,17H,4,7,9,13H2,1-3H3/t17-/m0/s1. The lowest BCUT2D eigenvalue weighted by molar-refractivity contribution is -0.119. The fourth-order valence-electron chi connectivity index (χ4n) is 3.80. The molecule has 1 heterocycles. The zero-order chi connectivity index (χ0) is 21.2. The van der Waals surface area contributed by atoms with E-state index < -0.39 is 16.1 Å². The molecule has 0 radical (unpaired) electrons. The van der Waals surface area contributed by atoms with E-state index in [-0.39, 0.29) is 11.6 Å². The molecule has 0 saturated carbocycles. The number of methoxy groups -OCH3 is 1. The van der Waals surface area contributed by atoms with Crippen LogP contribution in [0.15, 0.2) is 42.5 Å². The lowest BCUT2D eigenvalue weighted by Crippen LogP contribution is -2.52. The van der Waals surface area contributed by atoms with Crippen LogP contribution in [0.2, 0.25) is 5.02 Å². The first-order chi connectivity index (χ1) is 13.8. The van der Waals surface area contributed by atoms with Gasteiger partial charge in [0.15, 0.2) is 0 Å². The van der Waals surface area contributed by atoms with Gasteiger partial charge >= 0.3 is 0 Å². The normalized spacial score (nSPS) is 14.8. The smallest absolute Gasteiger partial charge is 0.250 e. The minimum Gasteiger partial charge on any atom is -0.495 e. The number of nitrogens with zero attached hydrogens (tertiary/aromatic N) is 2. The van der Waals surface area contributed by atoms with Crippen LogP contribution in [0, 0.1) is 0 Å². The van der Waals surface area contributed by atoms with E-state index in [0.29, 0.717) is 23.7 Å². The summed E-state index contributed by atoms with van der Waals surface area (Å²) in [5, 5.41) is 0.361. The minimum atomic E-state index is -3.79. The van der Waals surface area contributed by atoms with E-state index in [1.165, 1.54) is 13.2 Å². The second-order valence-corrected chi connectivity index (χ2v) is 9.32. The minimum absolute atomic E-state index is 0.257. The van der Waals surface area contributed by atoms with Crippen molar-refractivity contribution in [3.05, 3.63) is 53.1 Å². The van der Waals surface area contributed by atoms with Gasteiger partial charge in [-0.2, -0.15) is 0 Å². The predicted molar refractivity (Wildman–Crippen MR) is 117 cm³/mol. The molecule has 8 heteroatoms. The maximum Gasteiger partial charge on any atom is 0.250 e. The molecule has 0 aromatic heterocycles. The first-order valence-electron chi connectivity index (χ1n) is 9.50. The first kappa shape index (κ1) is 21.5. The molecule has 6 nitrogen and oxygen atoms in total. The van der Waals surface area contributed by atoms with Crippen molar-refractivity contribution in [3.8, 4) is 5.75 Å². The van der Waals surface area contributed by atoms with Crippen molar-refractivity contribution >= 4 is 38.9 Å². The summed E-state index contributed by atoms with van der Waals surface area (Å²) in [7, 11) is -2.34. The topological polar surface area (TPSA) is 66.9 Å². The molecule has 0 N–H and O–H groups in total. The first-order valence-corrected chi connectivity index (χ1v) is 11.7. The number of anilines is 2. The van der Waals surface area contributed by atoms with Gasteiger partial charge in [-0.3, -0.25) is 9.10 Å². The molecule has 2 aromatic carbocycles. The number of carbonyl (C=O) groups is 1. The summed E-state index contributed by atoms with van der Waals surface area (Å²) in [6.45, 7) is 2.35. The SMILES string of the molecule is CC[C@@H](C(=O)N1CCCc2ccccc21)N(c1cc(Cl)ccc1OC)S(C)(=O)=O. The van der Waals surface area contributed by atoms with Crippen molar-refractivity contribution in [1.29, 1.82) is 0 Å². The average Bonchev–Trinajstić information content (AvgIpc) is 2.70. The summed E-state index contributed by atoms with van der Waals surface area (Å²) in [6, 6.07) is 11.6. The van der Waals surface area contributed by atoms with Gasteiger partial charge < -0.3 is 9.64 Å². The highest BCUT2D eigenvalue weighted by Gasteiger charge is 2.37. The van der Waals surface area contributed by atoms with Crippen molar-refractivity contribution in [2.45, 2.75) is 32.2 Å². The van der Waals surface area contributed by atoms with E-state index in [2.05, 4.69) is 0 Å². The number of rotatable bonds is 6. The van der Waals surface area contributed by atoms with Crippen molar-refractivity contribution < 1.29 is 17.9 Å². The average molecular weight is 437 g/mol. The van der Waals surface area contributed by atoms with Crippen molar-refractivity contribution in [2.75, 3.05) is 29.1 Å². The summed E-state index contributed by atoms with van der Waals surface area (Å²) in [5.74, 6) is 0.0808. The second kappa shape index (κ2) is 8.63. The van der Waals surface area contributed by atoms with Crippen LogP contribution < -0.4 is 13.9 Å². The highest BCUT2D eigenvalue weighted by atomic mass is 35.5. The van der Waals surface area contributed by atoms with E-state index in [0.717, 1.165) is 34.7 Å². The van der Waals surface area contributed by atoms with Crippen LogP contribution in [0.4, 0.5) is 11.4 Å². The molecule has 1 aliphatic rings. The molecule has 1 aliphatic heterocycles. The maximum absolute atomic E-state index is 13.6. The molecular weight excluding hydrogens is 412 g/mol. The number of hydrogen-bond acceptors (Lipinski definition) is 4. The van der Waals surface area contributed by atoms with Gasteiger partial charge in [0.05, 0.1) is 19.1 Å². The number of sulfonamides is 1. The summed E-state index contributed by atoms with van der Waals surface area (Å²) in [5.41, 5.74) is 2.19. The molecule has 2 aromatic rings. The number of fused-ring (bicyclic) bond motifs is 1. The number of hydrogen-bond donors (Lipinski definition) is 0. The quantitative estimate of drug-likeness (QED) is 0.689. The molecule has 1 atom stereocenters. The van der Waals surface area contributed by atoms with E-state index in [4.69, 9.17) is 16.3 Å². The van der Waals surface area contributed by atoms with Gasteiger partial charge in [-0.25, -0.2) is 8.42 Å². The van der Waals surface area contributed by atoms with Crippen LogP contribution in [0.5, 0.6) is 5.75 Å². The highest BCUT2D eigenvalue weighted by Crippen LogP contribution is 2.36. The van der Waals surface area contributed by atoms with Crippen LogP contribution in [0.25, 0.3) is 0 Å². The predicted octanol–water partition coefficient (Wildman–Crippen LogP) is 3.87. The monoisotopic (exact) mass is 436 g/mol. The van der Waals surface area contributed by atoms with Gasteiger partial charge in [-0.05, 0) is 49.1 Å². The molecule has 0 fully saturated rings. The van der Waals surface area contributed by atoms with Crippen molar-refractivity contribution in [1.82, 2.24) is 0 Å². The lowest BCUT2D eigenvalue weighted by atomic mass is 10.0. The fourth-order valence-corrected chi connectivity index (χ4v) is 5.16. The number of carbonyl (C=O) groups excluding carboxylic acids is 1. The van der Waals surface area contributed by atoms with E-state index in [9.17, 15) is 13.2 Å². The Morgan fingerprint density at radius 1 is 1.28 bits per heavy atom. The maximum atomic E-state index is 13.6. The van der Waals surface area contributed by atoms with E-state index >= 15 is 0 Å². The number of aryl methyl sites for hydroxylation is 1. The molecule has 0 aliphatic carbocycles. The van der Waals surface area contributed by atoms with Crippen LogP contribution in [-0.2, 0) is 21.2 Å². The summed E-state index contributed by atoms with van der Waals surface area (Å²) in [6.07, 6.45) is 3.13. The third-order valence-electron chi connectivity index (χ3n) is 5.07. The Morgan fingerprint density at radius 3 is 2.66 bits per heavy atom. The molecule has 0 saturated heterocycles. The number of halogens is 1. The molecular formula is C21H25ClN2O4S. The third kappa shape index (κ3) is 4.36. The number of para-hydroxylation sites is 1. The Labute approximate surface area is 177 Å². The molecule has 0 unspecified atom stereocenters. The molecule has 156 valence electrons. The summed E-state index contributed by atoms with van der Waals surface area (Å²) >= 11 is 6.14. The van der Waals surface area contributed by atoms with Crippen LogP contribution in [0.1, 0.15) is 25.3 Å². The molecule has 29 heavy (non-hydrogen) atoms. The number of amides is 1. The molecule has 0 spiro atoms. The number of ether oxygens (including phenoxy) is 1. The zero-order valence-corrected chi connectivity index (χ0v) is 18.3. The fraction of sp³-hybridized carbons (Fsp3) is 0.381. The zero-order valence-electron chi connectivity index (χ0n) is 16.8. The van der Waals surface area contributed by atoms with Crippen molar-refractivity contribution in [2.24, 2.45) is 0 Å². The van der Waals surface area contributed by atoms with Crippen LogP contribution in [0.3, 0.4) is 0 Å². The molecule has 1 amide bonds. The van der Waals surface area contributed by atoms with Crippen molar-refractivity contribution in [3.63, 3.8) is 0 Å². The highest BCUT2D eigenvalue weighted by molar-refractivity contribution is 7.92. The Morgan fingerprint density at radius 2 is 2.00 bits per heavy atom. The Kier molecular flexibility index (Phi) is 6.39. The molecule has 3 rings (SSSR count). The summed E-state index contributed by atoms with van der Waals surface area (Å²) < 4.78 is 32.1. The van der Waals surface area contributed by atoms with Gasteiger partial charge in [-0.1, -0.05) is 36.7 Å². The molecule has 0 bridgehead atoms. The Hall–Kier alpha value is -2.25. The van der Waals surface area contributed by atoms with Crippen LogP contribution >= 0.6 is 11.6 Å².